The molecular formula is C21H25F2N3O2. The average molecular weight is 389 g/mol. The Labute approximate surface area is 163 Å². The van der Waals surface area contributed by atoms with E-state index in [-0.39, 0.29) is 24.1 Å². The molecule has 2 N–H and O–H groups in total. The number of benzene rings is 2. The number of rotatable bonds is 9. The van der Waals surface area contributed by atoms with Crippen molar-refractivity contribution < 1.29 is 18.4 Å². The van der Waals surface area contributed by atoms with Crippen LogP contribution < -0.4 is 10.6 Å². The van der Waals surface area contributed by atoms with Gasteiger partial charge < -0.3 is 10.6 Å². The number of hydrogen-bond donors (Lipinski definition) is 2. The summed E-state index contributed by atoms with van der Waals surface area (Å²) in [5.41, 5.74) is 0.781. The van der Waals surface area contributed by atoms with E-state index >= 15 is 0 Å². The van der Waals surface area contributed by atoms with Crippen molar-refractivity contribution in [1.29, 1.82) is 0 Å². The number of nitrogens with zero attached hydrogens (tertiary/aromatic N) is 1. The molecule has 1 atom stereocenters. The molecule has 7 heteroatoms. The molecule has 0 radical (unpaired) electrons. The van der Waals surface area contributed by atoms with Crippen LogP contribution in [0.2, 0.25) is 0 Å². The fourth-order valence-electron chi connectivity index (χ4n) is 3.00. The smallest absolute Gasteiger partial charge is 0.254 e. The van der Waals surface area contributed by atoms with Gasteiger partial charge in [0, 0.05) is 12.6 Å². The number of amides is 2. The number of nitrogens with one attached hydrogen (secondary N) is 2. The zero-order chi connectivity index (χ0) is 20.5. The molecule has 5 nitrogen and oxygen atoms in total. The van der Waals surface area contributed by atoms with E-state index in [0.717, 1.165) is 30.8 Å². The number of halogens is 2. The van der Waals surface area contributed by atoms with Gasteiger partial charge in [-0.3, -0.25) is 14.5 Å². The average Bonchev–Trinajstić information content (AvgIpc) is 2.70. The van der Waals surface area contributed by atoms with Crippen LogP contribution in [0, 0.1) is 11.6 Å². The third-order valence-corrected chi connectivity index (χ3v) is 4.52. The summed E-state index contributed by atoms with van der Waals surface area (Å²) < 4.78 is 26.6. The van der Waals surface area contributed by atoms with Crippen LogP contribution in [0.1, 0.15) is 35.8 Å². The number of carbonyl (C=O) groups is 2. The Balaban J connectivity index is 1.93. The molecule has 2 aromatic rings. The molecule has 0 bridgehead atoms. The highest BCUT2D eigenvalue weighted by Gasteiger charge is 2.19. The van der Waals surface area contributed by atoms with E-state index < -0.39 is 17.5 Å². The molecular weight excluding hydrogens is 364 g/mol. The molecule has 0 heterocycles. The van der Waals surface area contributed by atoms with Gasteiger partial charge in [-0.05, 0) is 30.8 Å². The molecule has 0 fully saturated rings. The van der Waals surface area contributed by atoms with E-state index in [1.807, 2.05) is 30.3 Å². The van der Waals surface area contributed by atoms with Crippen LogP contribution >= 0.6 is 0 Å². The Morgan fingerprint density at radius 3 is 2.29 bits per heavy atom. The highest BCUT2D eigenvalue weighted by atomic mass is 19.1. The minimum atomic E-state index is -0.969. The Morgan fingerprint density at radius 2 is 1.68 bits per heavy atom. The molecule has 1 unspecified atom stereocenters. The summed E-state index contributed by atoms with van der Waals surface area (Å²) >= 11 is 0. The predicted octanol–water partition coefficient (Wildman–Crippen LogP) is 2.89. The van der Waals surface area contributed by atoms with Gasteiger partial charge in [0.1, 0.15) is 11.6 Å². The molecule has 2 aromatic carbocycles. The van der Waals surface area contributed by atoms with Crippen molar-refractivity contribution in [1.82, 2.24) is 15.5 Å². The number of hydrogen-bond acceptors (Lipinski definition) is 3. The van der Waals surface area contributed by atoms with Crippen molar-refractivity contribution >= 4 is 11.8 Å². The lowest BCUT2D eigenvalue weighted by Crippen LogP contribution is -2.42. The summed E-state index contributed by atoms with van der Waals surface area (Å²) in [6.07, 6.45) is 0. The molecule has 2 amide bonds. The van der Waals surface area contributed by atoms with Crippen molar-refractivity contribution in [2.75, 3.05) is 26.2 Å². The first-order valence-corrected chi connectivity index (χ1v) is 9.25. The topological polar surface area (TPSA) is 61.4 Å². The van der Waals surface area contributed by atoms with Gasteiger partial charge in [0.25, 0.3) is 5.91 Å². The summed E-state index contributed by atoms with van der Waals surface area (Å²) in [5, 5.41) is 5.16. The van der Waals surface area contributed by atoms with Gasteiger partial charge in [-0.15, -0.1) is 0 Å². The fourth-order valence-corrected chi connectivity index (χ4v) is 3.00. The van der Waals surface area contributed by atoms with Crippen molar-refractivity contribution in [2.45, 2.75) is 19.9 Å². The maximum atomic E-state index is 13.6. The lowest BCUT2D eigenvalue weighted by atomic mass is 10.1. The van der Waals surface area contributed by atoms with Gasteiger partial charge in [0.15, 0.2) is 0 Å². The molecule has 28 heavy (non-hydrogen) atoms. The lowest BCUT2D eigenvalue weighted by Gasteiger charge is -2.30. The highest BCUT2D eigenvalue weighted by molar-refractivity contribution is 5.96. The van der Waals surface area contributed by atoms with E-state index in [2.05, 4.69) is 29.4 Å². The van der Waals surface area contributed by atoms with Crippen molar-refractivity contribution in [2.24, 2.45) is 0 Å². The monoisotopic (exact) mass is 389 g/mol. The Kier molecular flexibility index (Phi) is 8.07. The standard InChI is InChI=1S/C21H25F2N3O2/c1-3-26(4-2)19(15-8-6-5-7-9-15)13-24-20(27)14-25-21(28)17-11-10-16(22)12-18(17)23/h5-12,19H,3-4,13-14H2,1-2H3,(H,24,27)(H,25,28). The van der Waals surface area contributed by atoms with Crippen molar-refractivity contribution in [3.63, 3.8) is 0 Å². The molecule has 150 valence electrons. The first kappa shape index (κ1) is 21.5. The van der Waals surface area contributed by atoms with Gasteiger partial charge in [0.2, 0.25) is 5.91 Å². The molecule has 0 saturated heterocycles. The summed E-state index contributed by atoms with van der Waals surface area (Å²) in [6.45, 7) is 5.84. The zero-order valence-corrected chi connectivity index (χ0v) is 16.0. The van der Waals surface area contributed by atoms with Crippen LogP contribution in [0.3, 0.4) is 0 Å². The Morgan fingerprint density at radius 1 is 1.00 bits per heavy atom. The minimum Gasteiger partial charge on any atom is -0.353 e. The van der Waals surface area contributed by atoms with Gasteiger partial charge in [-0.1, -0.05) is 44.2 Å². The minimum absolute atomic E-state index is 0.00499. The third-order valence-electron chi connectivity index (χ3n) is 4.52. The van der Waals surface area contributed by atoms with Crippen LogP contribution in [0.25, 0.3) is 0 Å². The fraction of sp³-hybridized carbons (Fsp3) is 0.333. The molecule has 0 saturated carbocycles. The van der Waals surface area contributed by atoms with E-state index in [1.165, 1.54) is 0 Å². The number of carbonyl (C=O) groups excluding carboxylic acids is 2. The van der Waals surface area contributed by atoms with Crippen molar-refractivity contribution in [3.8, 4) is 0 Å². The van der Waals surface area contributed by atoms with Crippen LogP contribution in [0.5, 0.6) is 0 Å². The molecule has 2 rings (SSSR count). The first-order chi connectivity index (χ1) is 13.5. The molecule has 0 aromatic heterocycles. The molecule has 0 spiro atoms. The highest BCUT2D eigenvalue weighted by Crippen LogP contribution is 2.19. The summed E-state index contributed by atoms with van der Waals surface area (Å²) in [6, 6.07) is 12.5. The van der Waals surface area contributed by atoms with E-state index in [1.54, 1.807) is 0 Å². The first-order valence-electron chi connectivity index (χ1n) is 9.25. The van der Waals surface area contributed by atoms with Crippen LogP contribution in [-0.4, -0.2) is 42.9 Å². The quantitative estimate of drug-likeness (QED) is 0.693. The van der Waals surface area contributed by atoms with E-state index in [4.69, 9.17) is 0 Å². The predicted molar refractivity (Wildman–Crippen MR) is 104 cm³/mol. The van der Waals surface area contributed by atoms with Gasteiger partial charge >= 0.3 is 0 Å². The second-order valence-electron chi connectivity index (χ2n) is 6.26. The second kappa shape index (κ2) is 10.5. The van der Waals surface area contributed by atoms with Gasteiger partial charge in [0.05, 0.1) is 18.2 Å². The molecule has 0 aliphatic heterocycles. The van der Waals surface area contributed by atoms with Gasteiger partial charge in [-0.25, -0.2) is 8.78 Å². The second-order valence-corrected chi connectivity index (χ2v) is 6.26. The Hall–Kier alpha value is -2.80. The van der Waals surface area contributed by atoms with Crippen LogP contribution in [-0.2, 0) is 4.79 Å². The SMILES string of the molecule is CCN(CC)C(CNC(=O)CNC(=O)c1ccc(F)cc1F)c1ccccc1. The van der Waals surface area contributed by atoms with Gasteiger partial charge in [-0.2, -0.15) is 0 Å². The van der Waals surface area contributed by atoms with E-state index in [0.29, 0.717) is 12.6 Å². The molecule has 0 aliphatic carbocycles. The van der Waals surface area contributed by atoms with Crippen molar-refractivity contribution in [3.05, 3.63) is 71.3 Å². The zero-order valence-electron chi connectivity index (χ0n) is 16.0. The summed E-state index contributed by atoms with van der Waals surface area (Å²) in [7, 11) is 0. The normalized spacial score (nSPS) is 11.9. The number of likely N-dealkylation sites (N-methyl/N-ethyl adjacent to an activating group) is 1. The third kappa shape index (κ3) is 5.85. The summed E-state index contributed by atoms with van der Waals surface area (Å²) in [4.78, 5) is 26.4. The maximum absolute atomic E-state index is 13.6. The van der Waals surface area contributed by atoms with Crippen LogP contribution in [0.15, 0.2) is 48.5 Å². The van der Waals surface area contributed by atoms with E-state index in [9.17, 15) is 18.4 Å². The summed E-state index contributed by atoms with van der Waals surface area (Å²) in [5.74, 6) is -2.89. The van der Waals surface area contributed by atoms with Crippen LogP contribution in [0.4, 0.5) is 8.78 Å². The largest absolute Gasteiger partial charge is 0.353 e. The maximum Gasteiger partial charge on any atom is 0.254 e. The Bertz CT molecular complexity index is 795. The molecule has 0 aliphatic rings. The lowest BCUT2D eigenvalue weighted by molar-refractivity contribution is -0.120.